The highest BCUT2D eigenvalue weighted by Crippen LogP contribution is 2.34. The molecule has 0 fully saturated rings. The first-order valence-electron chi connectivity index (χ1n) is 10.8. The number of carbonyl (C=O) groups is 1. The summed E-state index contributed by atoms with van der Waals surface area (Å²) in [5.41, 5.74) is 1.87. The lowest BCUT2D eigenvalue weighted by atomic mass is 9.97. The number of benzene rings is 1. The summed E-state index contributed by atoms with van der Waals surface area (Å²) < 4.78 is 20.1. The van der Waals surface area contributed by atoms with Gasteiger partial charge in [0.2, 0.25) is 5.91 Å². The Labute approximate surface area is 197 Å². The number of rotatable bonds is 7. The van der Waals surface area contributed by atoms with Gasteiger partial charge >= 0.3 is 0 Å². The van der Waals surface area contributed by atoms with Crippen LogP contribution in [-0.2, 0) is 30.7 Å². The Morgan fingerprint density at radius 3 is 2.82 bits per heavy atom. The number of nitrogens with zero attached hydrogens (tertiary/aromatic N) is 2. The smallest absolute Gasteiger partial charge is 0.263 e. The summed E-state index contributed by atoms with van der Waals surface area (Å²) in [6, 6.07) is 9.61. The van der Waals surface area contributed by atoms with Crippen molar-refractivity contribution in [2.24, 2.45) is 0 Å². The SMILES string of the molecule is O=C(CSc1nc2sc3c(c2c(=O)n1Cc1ccco1)CCCC3)NCc1ccc(F)cc1. The number of carbonyl (C=O) groups excluding carboxylic acids is 1. The molecule has 1 amide bonds. The van der Waals surface area contributed by atoms with Crippen LogP contribution in [0.15, 0.2) is 57.0 Å². The minimum Gasteiger partial charge on any atom is -0.467 e. The molecule has 6 nitrogen and oxygen atoms in total. The highest BCUT2D eigenvalue weighted by atomic mass is 32.2. The molecule has 3 aromatic heterocycles. The van der Waals surface area contributed by atoms with Crippen molar-refractivity contribution in [2.75, 3.05) is 5.75 Å². The van der Waals surface area contributed by atoms with Crippen LogP contribution in [0.25, 0.3) is 10.2 Å². The van der Waals surface area contributed by atoms with Crippen molar-refractivity contribution in [2.45, 2.75) is 43.9 Å². The van der Waals surface area contributed by atoms with Crippen LogP contribution >= 0.6 is 23.1 Å². The van der Waals surface area contributed by atoms with E-state index < -0.39 is 0 Å². The Hall–Kier alpha value is -2.91. The Morgan fingerprint density at radius 1 is 1.21 bits per heavy atom. The molecule has 9 heteroatoms. The fourth-order valence-electron chi connectivity index (χ4n) is 4.01. The summed E-state index contributed by atoms with van der Waals surface area (Å²) in [6.07, 6.45) is 5.69. The number of halogens is 1. The van der Waals surface area contributed by atoms with Crippen molar-refractivity contribution in [3.8, 4) is 0 Å². The number of hydrogen-bond donors (Lipinski definition) is 1. The van der Waals surface area contributed by atoms with Crippen LogP contribution in [0.5, 0.6) is 0 Å². The first-order chi connectivity index (χ1) is 16.1. The second-order valence-electron chi connectivity index (χ2n) is 7.95. The number of furan rings is 1. The van der Waals surface area contributed by atoms with Gasteiger partial charge in [-0.3, -0.25) is 14.2 Å². The first-order valence-corrected chi connectivity index (χ1v) is 12.6. The molecule has 0 radical (unpaired) electrons. The molecule has 0 saturated carbocycles. The number of thioether (sulfide) groups is 1. The fourth-order valence-corrected chi connectivity index (χ4v) is 6.14. The van der Waals surface area contributed by atoms with E-state index in [4.69, 9.17) is 9.40 Å². The summed E-state index contributed by atoms with van der Waals surface area (Å²) >= 11 is 2.83. The maximum atomic E-state index is 13.5. The average molecular weight is 484 g/mol. The monoisotopic (exact) mass is 483 g/mol. The van der Waals surface area contributed by atoms with E-state index in [1.165, 1.54) is 28.8 Å². The van der Waals surface area contributed by atoms with Crippen LogP contribution in [0, 0.1) is 5.82 Å². The van der Waals surface area contributed by atoms with Crippen molar-refractivity contribution in [1.82, 2.24) is 14.9 Å². The van der Waals surface area contributed by atoms with Gasteiger partial charge < -0.3 is 9.73 Å². The number of aromatic nitrogens is 2. The van der Waals surface area contributed by atoms with Crippen LogP contribution in [-0.4, -0.2) is 21.2 Å². The Balaban J connectivity index is 1.39. The highest BCUT2D eigenvalue weighted by Gasteiger charge is 2.23. The van der Waals surface area contributed by atoms with Gasteiger partial charge in [-0.2, -0.15) is 0 Å². The van der Waals surface area contributed by atoms with Crippen molar-refractivity contribution in [3.05, 3.63) is 80.6 Å². The average Bonchev–Trinajstić information content (AvgIpc) is 3.47. The van der Waals surface area contributed by atoms with Gasteiger partial charge in [-0.05, 0) is 61.1 Å². The minimum atomic E-state index is -0.313. The van der Waals surface area contributed by atoms with Gasteiger partial charge in [-0.15, -0.1) is 11.3 Å². The predicted molar refractivity (Wildman–Crippen MR) is 127 cm³/mol. The molecule has 0 spiro atoms. The van der Waals surface area contributed by atoms with E-state index in [1.54, 1.807) is 40.4 Å². The summed E-state index contributed by atoms with van der Waals surface area (Å²) in [5.74, 6) is 0.271. The summed E-state index contributed by atoms with van der Waals surface area (Å²) in [5, 5.41) is 4.05. The van der Waals surface area contributed by atoms with E-state index in [1.807, 2.05) is 6.07 Å². The molecule has 5 rings (SSSR count). The van der Waals surface area contributed by atoms with Crippen LogP contribution in [0.4, 0.5) is 4.39 Å². The third kappa shape index (κ3) is 4.74. The highest BCUT2D eigenvalue weighted by molar-refractivity contribution is 7.99. The van der Waals surface area contributed by atoms with E-state index in [0.29, 0.717) is 22.8 Å². The second-order valence-corrected chi connectivity index (χ2v) is 9.97. The van der Waals surface area contributed by atoms with E-state index in [0.717, 1.165) is 41.6 Å². The number of hydrogen-bond acceptors (Lipinski definition) is 6. The van der Waals surface area contributed by atoms with Gasteiger partial charge in [0.15, 0.2) is 5.16 Å². The van der Waals surface area contributed by atoms with E-state index >= 15 is 0 Å². The topological polar surface area (TPSA) is 77.1 Å². The van der Waals surface area contributed by atoms with E-state index in [2.05, 4.69) is 5.32 Å². The molecule has 33 heavy (non-hydrogen) atoms. The van der Waals surface area contributed by atoms with Gasteiger partial charge in [0.25, 0.3) is 5.56 Å². The zero-order valence-corrected chi connectivity index (χ0v) is 19.4. The van der Waals surface area contributed by atoms with E-state index in [-0.39, 0.29) is 29.6 Å². The number of thiophene rings is 1. The summed E-state index contributed by atoms with van der Waals surface area (Å²) in [7, 11) is 0. The first kappa shape index (κ1) is 21.9. The zero-order valence-electron chi connectivity index (χ0n) is 17.8. The van der Waals surface area contributed by atoms with Crippen molar-refractivity contribution < 1.29 is 13.6 Å². The Morgan fingerprint density at radius 2 is 2.03 bits per heavy atom. The van der Waals surface area contributed by atoms with Crippen LogP contribution in [0.1, 0.15) is 34.6 Å². The molecule has 0 unspecified atom stereocenters. The Kier molecular flexibility index (Phi) is 6.32. The lowest BCUT2D eigenvalue weighted by Crippen LogP contribution is -2.27. The van der Waals surface area contributed by atoms with Crippen LogP contribution in [0.2, 0.25) is 0 Å². The van der Waals surface area contributed by atoms with Crippen LogP contribution in [0.3, 0.4) is 0 Å². The zero-order chi connectivity index (χ0) is 22.8. The molecule has 0 saturated heterocycles. The number of amides is 1. The van der Waals surface area contributed by atoms with Gasteiger partial charge in [-0.1, -0.05) is 23.9 Å². The molecule has 0 atom stereocenters. The molecule has 0 bridgehead atoms. The third-order valence-electron chi connectivity index (χ3n) is 5.67. The third-order valence-corrected chi connectivity index (χ3v) is 7.83. The Bertz CT molecular complexity index is 1340. The molecule has 0 aliphatic heterocycles. The number of fused-ring (bicyclic) bond motifs is 3. The van der Waals surface area contributed by atoms with Crippen molar-refractivity contribution in [3.63, 3.8) is 0 Å². The normalized spacial score (nSPS) is 13.2. The predicted octanol–water partition coefficient (Wildman–Crippen LogP) is 4.53. The maximum absolute atomic E-state index is 13.5. The minimum absolute atomic E-state index is 0.0787. The maximum Gasteiger partial charge on any atom is 0.263 e. The summed E-state index contributed by atoms with van der Waals surface area (Å²) in [6.45, 7) is 0.571. The largest absolute Gasteiger partial charge is 0.467 e. The van der Waals surface area contributed by atoms with Crippen molar-refractivity contribution >= 4 is 39.2 Å². The molecule has 3 heterocycles. The molecule has 1 aliphatic carbocycles. The summed E-state index contributed by atoms with van der Waals surface area (Å²) in [4.78, 5) is 32.8. The molecule has 1 aliphatic rings. The molecular weight excluding hydrogens is 461 g/mol. The van der Waals surface area contributed by atoms with Crippen molar-refractivity contribution in [1.29, 1.82) is 0 Å². The lowest BCUT2D eigenvalue weighted by Gasteiger charge is -2.13. The van der Waals surface area contributed by atoms with Crippen LogP contribution < -0.4 is 10.9 Å². The van der Waals surface area contributed by atoms with E-state index in [9.17, 15) is 14.0 Å². The van der Waals surface area contributed by atoms with Gasteiger partial charge in [0.05, 0.1) is 23.9 Å². The molecule has 170 valence electrons. The molecule has 1 aromatic carbocycles. The van der Waals surface area contributed by atoms with Gasteiger partial charge in [-0.25, -0.2) is 9.37 Å². The molecule has 4 aromatic rings. The van der Waals surface area contributed by atoms with Gasteiger partial charge in [0, 0.05) is 11.4 Å². The second kappa shape index (κ2) is 9.52. The quantitative estimate of drug-likeness (QED) is 0.309. The number of aryl methyl sites for hydroxylation is 2. The molecule has 1 N–H and O–H groups in total. The number of nitrogens with one attached hydrogen (secondary N) is 1. The molecular formula is C24H22FN3O3S2. The standard InChI is InChI=1S/C24H22FN3O3S2/c25-16-9-7-15(8-10-16)12-26-20(29)14-32-24-27-22-21(18-5-1-2-6-19(18)33-22)23(30)28(24)13-17-4-3-11-31-17/h3-4,7-11H,1-2,5-6,12-14H2,(H,26,29). The fraction of sp³-hybridized carbons (Fsp3) is 0.292. The lowest BCUT2D eigenvalue weighted by molar-refractivity contribution is -0.118. The van der Waals surface area contributed by atoms with Gasteiger partial charge in [0.1, 0.15) is 16.4 Å².